The van der Waals surface area contributed by atoms with Gasteiger partial charge in [-0.3, -0.25) is 14.5 Å². The highest BCUT2D eigenvalue weighted by Crippen LogP contribution is 2.33. The van der Waals surface area contributed by atoms with Gasteiger partial charge in [0.15, 0.2) is 0 Å². The van der Waals surface area contributed by atoms with Crippen molar-refractivity contribution in [3.8, 4) is 0 Å². The first-order valence-corrected chi connectivity index (χ1v) is 10.2. The van der Waals surface area contributed by atoms with Crippen LogP contribution < -0.4 is 10.6 Å². The van der Waals surface area contributed by atoms with Crippen LogP contribution in [0, 0.1) is 11.8 Å². The minimum Gasteiger partial charge on any atom is -0.460 e. The number of esters is 1. The first kappa shape index (κ1) is 21.1. The van der Waals surface area contributed by atoms with Crippen molar-refractivity contribution in [2.45, 2.75) is 51.8 Å². The first-order valence-electron chi connectivity index (χ1n) is 9.86. The molecule has 154 valence electrons. The van der Waals surface area contributed by atoms with Crippen LogP contribution in [0.3, 0.4) is 0 Å². The third-order valence-electron chi connectivity index (χ3n) is 5.94. The largest absolute Gasteiger partial charge is 0.460 e. The van der Waals surface area contributed by atoms with Crippen molar-refractivity contribution in [1.82, 2.24) is 4.90 Å². The molecule has 3 rings (SSSR count). The molecule has 6 nitrogen and oxygen atoms in total. The highest BCUT2D eigenvalue weighted by atomic mass is 35.5. The van der Waals surface area contributed by atoms with Crippen LogP contribution in [-0.2, 0) is 14.3 Å². The minimum atomic E-state index is -0.327. The average molecular weight is 408 g/mol. The van der Waals surface area contributed by atoms with Crippen molar-refractivity contribution in [1.29, 1.82) is 0 Å². The van der Waals surface area contributed by atoms with Crippen molar-refractivity contribution in [2.75, 3.05) is 24.5 Å². The molecule has 2 heterocycles. The van der Waals surface area contributed by atoms with Gasteiger partial charge < -0.3 is 15.4 Å². The number of hydrogen-bond donors (Lipinski definition) is 1. The number of nitrogens with two attached hydrogens (primary N) is 1. The van der Waals surface area contributed by atoms with E-state index >= 15 is 0 Å². The molecule has 7 heteroatoms. The lowest BCUT2D eigenvalue weighted by Gasteiger charge is -2.47. The Morgan fingerprint density at radius 1 is 1.29 bits per heavy atom. The Bertz CT molecular complexity index is 752. The first-order chi connectivity index (χ1) is 13.1. The average Bonchev–Trinajstić information content (AvgIpc) is 3.01. The summed E-state index contributed by atoms with van der Waals surface area (Å²) in [5, 5.41) is 0.564. The minimum absolute atomic E-state index is 0.0110. The van der Waals surface area contributed by atoms with E-state index < -0.39 is 0 Å². The van der Waals surface area contributed by atoms with Gasteiger partial charge in [0.25, 0.3) is 0 Å². The predicted octanol–water partition coefficient (Wildman–Crippen LogP) is 2.68. The molecule has 28 heavy (non-hydrogen) atoms. The summed E-state index contributed by atoms with van der Waals surface area (Å²) in [6, 6.07) is 7.06. The number of anilines is 1. The summed E-state index contributed by atoms with van der Waals surface area (Å²) in [7, 11) is 0. The van der Waals surface area contributed by atoms with Crippen molar-refractivity contribution < 1.29 is 14.3 Å². The fourth-order valence-corrected chi connectivity index (χ4v) is 4.29. The molecule has 1 aromatic rings. The number of para-hydroxylation sites is 1. The van der Waals surface area contributed by atoms with Crippen molar-refractivity contribution >= 4 is 29.2 Å². The number of rotatable bonds is 5. The van der Waals surface area contributed by atoms with Crippen LogP contribution >= 0.6 is 11.6 Å². The molecule has 0 saturated carbocycles. The van der Waals surface area contributed by atoms with Crippen LogP contribution in [0.2, 0.25) is 5.02 Å². The molecule has 2 aliphatic heterocycles. The topological polar surface area (TPSA) is 75.9 Å². The zero-order valence-corrected chi connectivity index (χ0v) is 17.8. The van der Waals surface area contributed by atoms with Gasteiger partial charge in [-0.25, -0.2) is 0 Å². The highest BCUT2D eigenvalue weighted by Gasteiger charge is 2.43. The molecule has 0 aromatic heterocycles. The van der Waals surface area contributed by atoms with Gasteiger partial charge in [-0.05, 0) is 38.3 Å². The van der Waals surface area contributed by atoms with Crippen LogP contribution in [0.4, 0.5) is 5.69 Å². The van der Waals surface area contributed by atoms with Gasteiger partial charge in [-0.2, -0.15) is 0 Å². The molecule has 0 unspecified atom stereocenters. The van der Waals surface area contributed by atoms with E-state index in [0.29, 0.717) is 24.5 Å². The standard InChI is InChI=1S/C21H30ClN3O3/c1-13(2)14-9-18(28-20(14)27)16(23)10-24-11-19(26)25(12-21(24,3)4)17-8-6-5-7-15(17)22/h5-8,13-14,16,18H,9-12,23H2,1-4H3/t14-,16-,18-/m0/s1. The summed E-state index contributed by atoms with van der Waals surface area (Å²) in [5.74, 6) is -0.0259. The Labute approximate surface area is 171 Å². The van der Waals surface area contributed by atoms with Gasteiger partial charge in [0.2, 0.25) is 5.91 Å². The number of carbonyl (C=O) groups is 2. The van der Waals surface area contributed by atoms with Gasteiger partial charge in [-0.15, -0.1) is 0 Å². The summed E-state index contributed by atoms with van der Waals surface area (Å²) in [6.45, 7) is 9.49. The van der Waals surface area contributed by atoms with E-state index in [1.54, 1.807) is 11.0 Å². The summed E-state index contributed by atoms with van der Waals surface area (Å²) in [4.78, 5) is 28.7. The lowest BCUT2D eigenvalue weighted by Crippen LogP contribution is -2.64. The number of piperazine rings is 1. The summed E-state index contributed by atoms with van der Waals surface area (Å²) in [6.07, 6.45) is 0.346. The Morgan fingerprint density at radius 3 is 2.57 bits per heavy atom. The fraction of sp³-hybridized carbons (Fsp3) is 0.619. The summed E-state index contributed by atoms with van der Waals surface area (Å²) >= 11 is 6.30. The second kappa shape index (κ2) is 8.01. The van der Waals surface area contributed by atoms with Crippen LogP contribution in [0.25, 0.3) is 0 Å². The molecule has 0 spiro atoms. The van der Waals surface area contributed by atoms with Crippen LogP contribution in [-0.4, -0.2) is 54.1 Å². The quantitative estimate of drug-likeness (QED) is 0.759. The maximum absolute atomic E-state index is 12.8. The van der Waals surface area contributed by atoms with Gasteiger partial charge in [0.1, 0.15) is 6.10 Å². The second-order valence-electron chi connectivity index (χ2n) is 8.85. The van der Waals surface area contributed by atoms with Gasteiger partial charge >= 0.3 is 5.97 Å². The SMILES string of the molecule is CC(C)[C@@H]1C[C@@H]([C@@H](N)CN2CC(=O)N(c3ccccc3Cl)CC2(C)C)OC1=O. The molecule has 2 saturated heterocycles. The molecule has 3 atom stereocenters. The second-order valence-corrected chi connectivity index (χ2v) is 9.26. The number of ether oxygens (including phenoxy) is 1. The molecule has 2 N–H and O–H groups in total. The number of halogens is 1. The van der Waals surface area contributed by atoms with Gasteiger partial charge in [-0.1, -0.05) is 37.6 Å². The smallest absolute Gasteiger partial charge is 0.309 e. The Balaban J connectivity index is 1.68. The monoisotopic (exact) mass is 407 g/mol. The third kappa shape index (κ3) is 4.19. The number of carbonyl (C=O) groups excluding carboxylic acids is 2. The third-order valence-corrected chi connectivity index (χ3v) is 6.26. The number of nitrogens with zero attached hydrogens (tertiary/aromatic N) is 2. The van der Waals surface area contributed by atoms with E-state index in [2.05, 4.69) is 18.7 Å². The Hall–Kier alpha value is -1.63. The molecule has 1 amide bonds. The lowest BCUT2D eigenvalue weighted by molar-refractivity contribution is -0.146. The normalized spacial score (nSPS) is 26.6. The highest BCUT2D eigenvalue weighted by molar-refractivity contribution is 6.33. The van der Waals surface area contributed by atoms with E-state index in [-0.39, 0.29) is 47.9 Å². The number of cyclic esters (lactones) is 1. The van der Waals surface area contributed by atoms with Crippen LogP contribution in [0.15, 0.2) is 24.3 Å². The van der Waals surface area contributed by atoms with Crippen LogP contribution in [0.5, 0.6) is 0 Å². The zero-order chi connectivity index (χ0) is 20.6. The number of benzene rings is 1. The Kier molecular flexibility index (Phi) is 6.03. The van der Waals surface area contributed by atoms with Crippen LogP contribution in [0.1, 0.15) is 34.1 Å². The molecule has 1 aromatic carbocycles. The van der Waals surface area contributed by atoms with E-state index in [1.165, 1.54) is 0 Å². The molecule has 0 radical (unpaired) electrons. The van der Waals surface area contributed by atoms with E-state index in [4.69, 9.17) is 22.1 Å². The maximum atomic E-state index is 12.8. The molecule has 2 fully saturated rings. The lowest BCUT2D eigenvalue weighted by atomic mass is 9.90. The van der Waals surface area contributed by atoms with E-state index in [9.17, 15) is 9.59 Å². The summed E-state index contributed by atoms with van der Waals surface area (Å²) < 4.78 is 5.54. The zero-order valence-electron chi connectivity index (χ0n) is 17.0. The summed E-state index contributed by atoms with van der Waals surface area (Å²) in [5.41, 5.74) is 6.85. The van der Waals surface area contributed by atoms with Gasteiger partial charge in [0.05, 0.1) is 29.2 Å². The van der Waals surface area contributed by atoms with Crippen molar-refractivity contribution in [3.05, 3.63) is 29.3 Å². The van der Waals surface area contributed by atoms with E-state index in [1.807, 2.05) is 32.0 Å². The predicted molar refractivity (Wildman–Crippen MR) is 110 cm³/mol. The fourth-order valence-electron chi connectivity index (χ4n) is 4.05. The molecular formula is C21H30ClN3O3. The van der Waals surface area contributed by atoms with Crippen molar-refractivity contribution in [3.63, 3.8) is 0 Å². The van der Waals surface area contributed by atoms with Crippen molar-refractivity contribution in [2.24, 2.45) is 17.6 Å². The van der Waals surface area contributed by atoms with Gasteiger partial charge in [0, 0.05) is 18.6 Å². The Morgan fingerprint density at radius 2 is 1.96 bits per heavy atom. The maximum Gasteiger partial charge on any atom is 0.309 e. The van der Waals surface area contributed by atoms with E-state index in [0.717, 1.165) is 5.69 Å². The molecule has 2 aliphatic rings. The molecular weight excluding hydrogens is 378 g/mol. The molecule has 0 aliphatic carbocycles. The molecule has 0 bridgehead atoms. The number of hydrogen-bond acceptors (Lipinski definition) is 5. The number of amides is 1.